The predicted octanol–water partition coefficient (Wildman–Crippen LogP) is 3.78. The zero-order valence-corrected chi connectivity index (χ0v) is 10.5. The summed E-state index contributed by atoms with van der Waals surface area (Å²) in [5, 5.41) is 0. The van der Waals surface area contributed by atoms with Crippen LogP contribution in [0.25, 0.3) is 0 Å². The minimum Gasteiger partial charge on any atom is -0.501 e. The fraction of sp³-hybridized carbons (Fsp3) is 0.500. The standard InChI is InChI=1S/2C4H7BrO/c2*1-2-6-4-3-5/h2*3-4H,2H2,1H3. The molecule has 4 heteroatoms. The summed E-state index contributed by atoms with van der Waals surface area (Å²) in [6, 6.07) is 0. The molecule has 72 valence electrons. The first-order valence-electron chi connectivity index (χ1n) is 3.57. The van der Waals surface area contributed by atoms with Crippen molar-refractivity contribution in [2.24, 2.45) is 0 Å². The minimum absolute atomic E-state index is 0.738. The van der Waals surface area contributed by atoms with Gasteiger partial charge in [0.1, 0.15) is 0 Å². The molecule has 0 bridgehead atoms. The molecule has 0 radical (unpaired) electrons. The zero-order valence-electron chi connectivity index (χ0n) is 7.30. The van der Waals surface area contributed by atoms with E-state index in [0.29, 0.717) is 0 Å². The Bertz CT molecular complexity index is 99.6. The van der Waals surface area contributed by atoms with E-state index < -0.39 is 0 Å². The highest BCUT2D eigenvalue weighted by Gasteiger charge is 1.61. The third-order valence-corrected chi connectivity index (χ3v) is 1.06. The highest BCUT2D eigenvalue weighted by atomic mass is 79.9. The van der Waals surface area contributed by atoms with Gasteiger partial charge < -0.3 is 9.47 Å². The molecule has 0 aromatic heterocycles. The molecule has 0 spiro atoms. The Morgan fingerprint density at radius 3 is 1.33 bits per heavy atom. The maximum absolute atomic E-state index is 4.76. The topological polar surface area (TPSA) is 18.5 Å². The van der Waals surface area contributed by atoms with Crippen LogP contribution in [0.3, 0.4) is 0 Å². The van der Waals surface area contributed by atoms with E-state index in [1.807, 2.05) is 13.8 Å². The molecular formula is C8H14Br2O2. The van der Waals surface area contributed by atoms with E-state index >= 15 is 0 Å². The monoisotopic (exact) mass is 300 g/mol. The molecule has 0 aliphatic heterocycles. The lowest BCUT2D eigenvalue weighted by Crippen LogP contribution is -1.73. The van der Waals surface area contributed by atoms with Gasteiger partial charge in [0.2, 0.25) is 0 Å². The number of hydrogen-bond donors (Lipinski definition) is 0. The van der Waals surface area contributed by atoms with E-state index in [0.717, 1.165) is 13.2 Å². The van der Waals surface area contributed by atoms with Crippen molar-refractivity contribution in [1.29, 1.82) is 0 Å². The molecular weight excluding hydrogens is 288 g/mol. The van der Waals surface area contributed by atoms with Crippen molar-refractivity contribution < 1.29 is 9.47 Å². The molecule has 0 heterocycles. The molecule has 0 fully saturated rings. The summed E-state index contributed by atoms with van der Waals surface area (Å²) < 4.78 is 9.51. The van der Waals surface area contributed by atoms with Crippen LogP contribution in [0.1, 0.15) is 13.8 Å². The van der Waals surface area contributed by atoms with Crippen LogP contribution in [-0.4, -0.2) is 13.2 Å². The van der Waals surface area contributed by atoms with Gasteiger partial charge in [0, 0.05) is 9.97 Å². The third-order valence-electron chi connectivity index (χ3n) is 0.629. The normalized spacial score (nSPS) is 9.67. The summed E-state index contributed by atoms with van der Waals surface area (Å²) in [5.41, 5.74) is 0. The summed E-state index contributed by atoms with van der Waals surface area (Å²) in [6.45, 7) is 5.35. The number of ether oxygens (including phenoxy) is 2. The Kier molecular flexibility index (Phi) is 20.9. The van der Waals surface area contributed by atoms with Crippen LogP contribution in [0.4, 0.5) is 0 Å². The number of hydrogen-bond acceptors (Lipinski definition) is 2. The molecule has 0 saturated heterocycles. The van der Waals surface area contributed by atoms with Gasteiger partial charge in [-0.3, -0.25) is 0 Å². The second kappa shape index (κ2) is 17.2. The molecule has 0 aromatic rings. The lowest BCUT2D eigenvalue weighted by Gasteiger charge is -1.86. The molecule has 0 atom stereocenters. The van der Waals surface area contributed by atoms with Gasteiger partial charge in [-0.2, -0.15) is 0 Å². The third kappa shape index (κ3) is 22.5. The van der Waals surface area contributed by atoms with Crippen molar-refractivity contribution >= 4 is 31.9 Å². The van der Waals surface area contributed by atoms with Gasteiger partial charge >= 0.3 is 0 Å². The summed E-state index contributed by atoms with van der Waals surface area (Å²) in [4.78, 5) is 3.35. The average molecular weight is 302 g/mol. The first-order chi connectivity index (χ1) is 5.83. The molecule has 0 N–H and O–H groups in total. The van der Waals surface area contributed by atoms with Crippen LogP contribution >= 0.6 is 31.9 Å². The number of rotatable bonds is 4. The maximum Gasteiger partial charge on any atom is 0.0897 e. The van der Waals surface area contributed by atoms with Gasteiger partial charge in [-0.05, 0) is 13.8 Å². The van der Waals surface area contributed by atoms with Gasteiger partial charge in [0.05, 0.1) is 25.7 Å². The van der Waals surface area contributed by atoms with Crippen LogP contribution < -0.4 is 0 Å². The van der Waals surface area contributed by atoms with Crippen LogP contribution in [0, 0.1) is 0 Å². The summed E-state index contributed by atoms with van der Waals surface area (Å²) in [5.74, 6) is 0. The van der Waals surface area contributed by atoms with E-state index in [9.17, 15) is 0 Å². The Hall–Kier alpha value is 0.0400. The van der Waals surface area contributed by atoms with Crippen LogP contribution in [-0.2, 0) is 9.47 Å². The van der Waals surface area contributed by atoms with E-state index in [1.54, 1.807) is 22.5 Å². The van der Waals surface area contributed by atoms with Crippen LogP contribution in [0.2, 0.25) is 0 Å². The van der Waals surface area contributed by atoms with Crippen LogP contribution in [0.15, 0.2) is 22.5 Å². The lowest BCUT2D eigenvalue weighted by atomic mass is 10.9. The molecule has 0 amide bonds. The van der Waals surface area contributed by atoms with Crippen molar-refractivity contribution in [1.82, 2.24) is 0 Å². The Balaban J connectivity index is 0. The molecule has 0 aliphatic rings. The van der Waals surface area contributed by atoms with Gasteiger partial charge in [-0.15, -0.1) is 0 Å². The predicted molar refractivity (Wildman–Crippen MR) is 59.4 cm³/mol. The Morgan fingerprint density at radius 1 is 0.917 bits per heavy atom. The van der Waals surface area contributed by atoms with Gasteiger partial charge in [-0.25, -0.2) is 0 Å². The first kappa shape index (κ1) is 14.6. The lowest BCUT2D eigenvalue weighted by molar-refractivity contribution is 0.270. The molecule has 0 aromatic carbocycles. The second-order valence-electron chi connectivity index (χ2n) is 1.43. The fourth-order valence-electron chi connectivity index (χ4n) is 0.265. The van der Waals surface area contributed by atoms with E-state index in [4.69, 9.17) is 9.47 Å². The van der Waals surface area contributed by atoms with E-state index in [1.165, 1.54) is 0 Å². The minimum atomic E-state index is 0.738. The quantitative estimate of drug-likeness (QED) is 0.736. The highest BCUT2D eigenvalue weighted by molar-refractivity contribution is 9.11. The van der Waals surface area contributed by atoms with Crippen molar-refractivity contribution in [2.45, 2.75) is 13.8 Å². The molecule has 0 saturated carbocycles. The first-order valence-corrected chi connectivity index (χ1v) is 5.40. The highest BCUT2D eigenvalue weighted by Crippen LogP contribution is 1.82. The molecule has 2 nitrogen and oxygen atoms in total. The van der Waals surface area contributed by atoms with Gasteiger partial charge in [0.15, 0.2) is 0 Å². The van der Waals surface area contributed by atoms with Crippen molar-refractivity contribution in [3.8, 4) is 0 Å². The largest absolute Gasteiger partial charge is 0.501 e. The molecule has 0 unspecified atom stereocenters. The van der Waals surface area contributed by atoms with Gasteiger partial charge in [-0.1, -0.05) is 31.9 Å². The Morgan fingerprint density at radius 2 is 1.25 bits per heavy atom. The zero-order chi connectivity index (χ0) is 9.66. The summed E-state index contributed by atoms with van der Waals surface area (Å²) in [6.07, 6.45) is 3.19. The SMILES string of the molecule is CCOC=CBr.CCOC=CBr. The van der Waals surface area contributed by atoms with Crippen molar-refractivity contribution in [3.63, 3.8) is 0 Å². The smallest absolute Gasteiger partial charge is 0.0897 e. The second-order valence-corrected chi connectivity index (χ2v) is 2.49. The average Bonchev–Trinajstić information content (AvgIpc) is 2.12. The van der Waals surface area contributed by atoms with E-state index in [2.05, 4.69) is 31.9 Å². The fourth-order valence-corrected chi connectivity index (χ4v) is 0.570. The summed E-state index contributed by atoms with van der Waals surface area (Å²) >= 11 is 6.09. The summed E-state index contributed by atoms with van der Waals surface area (Å²) in [7, 11) is 0. The Labute approximate surface area is 90.9 Å². The van der Waals surface area contributed by atoms with Gasteiger partial charge in [0.25, 0.3) is 0 Å². The van der Waals surface area contributed by atoms with Crippen LogP contribution in [0.5, 0.6) is 0 Å². The van der Waals surface area contributed by atoms with Crippen molar-refractivity contribution in [3.05, 3.63) is 22.5 Å². The number of halogens is 2. The molecule has 0 rings (SSSR count). The molecule has 12 heavy (non-hydrogen) atoms. The molecule has 0 aliphatic carbocycles. The van der Waals surface area contributed by atoms with Crippen molar-refractivity contribution in [2.75, 3.05) is 13.2 Å². The van der Waals surface area contributed by atoms with E-state index in [-0.39, 0.29) is 0 Å². The maximum atomic E-state index is 4.76.